The lowest BCUT2D eigenvalue weighted by Gasteiger charge is -2.07. The van der Waals surface area contributed by atoms with Crippen LogP contribution >= 0.6 is 0 Å². The van der Waals surface area contributed by atoms with E-state index in [1.165, 1.54) is 0 Å². The maximum absolute atomic E-state index is 12.8. The molecule has 0 aliphatic carbocycles. The summed E-state index contributed by atoms with van der Waals surface area (Å²) < 4.78 is 3.62. The summed E-state index contributed by atoms with van der Waals surface area (Å²) >= 11 is 0. The quantitative estimate of drug-likeness (QED) is 0.361. The number of carbonyl (C=O) groups excluding carboxylic acids is 1. The summed E-state index contributed by atoms with van der Waals surface area (Å²) in [5.74, 6) is 0.307. The molecule has 0 saturated carbocycles. The van der Waals surface area contributed by atoms with E-state index in [9.17, 15) is 4.79 Å². The second-order valence-electron chi connectivity index (χ2n) is 8.35. The van der Waals surface area contributed by atoms with Gasteiger partial charge in [0.05, 0.1) is 17.7 Å². The molecule has 4 aromatic heterocycles. The van der Waals surface area contributed by atoms with Gasteiger partial charge in [-0.25, -0.2) is 15.0 Å². The number of imidazole rings is 1. The van der Waals surface area contributed by atoms with E-state index in [4.69, 9.17) is 0 Å². The molecule has 0 bridgehead atoms. The van der Waals surface area contributed by atoms with E-state index in [0.29, 0.717) is 18.2 Å². The summed E-state index contributed by atoms with van der Waals surface area (Å²) in [6, 6.07) is 7.64. The minimum atomic E-state index is -0.167. The lowest BCUT2D eigenvalue weighted by atomic mass is 10.1. The van der Waals surface area contributed by atoms with Crippen LogP contribution in [0.2, 0.25) is 0 Å². The Hall–Kier alpha value is -4.47. The predicted octanol–water partition coefficient (Wildman–Crippen LogP) is 3.38. The molecule has 5 rings (SSSR count). The van der Waals surface area contributed by atoms with Crippen LogP contribution in [0, 0.1) is 13.8 Å². The number of carbonyl (C=O) groups is 1. The van der Waals surface area contributed by atoms with Gasteiger partial charge in [-0.15, -0.1) is 0 Å². The SMILES string of the molecule is Cc1nn(C)cc1CNC(=O)c1cc2cc(Nc3nccc(-c4cn(C)cn4)n3)cc(C)c2[nH]1. The van der Waals surface area contributed by atoms with Gasteiger partial charge in [0.25, 0.3) is 5.91 Å². The first kappa shape index (κ1) is 21.4. The number of aromatic amines is 1. The standard InChI is InChI=1S/C24H25N9O/c1-14-7-18(28-24-25-6-5-19(30-24)21-12-32(3)13-27-21)8-16-9-20(29-22(14)16)23(34)26-10-17-11-33(4)31-15(17)2/h5-9,11-13,29H,10H2,1-4H3,(H,26,34)(H,25,28,30). The third-order valence-electron chi connectivity index (χ3n) is 5.60. The van der Waals surface area contributed by atoms with Crippen LogP contribution in [0.5, 0.6) is 0 Å². The maximum atomic E-state index is 12.8. The summed E-state index contributed by atoms with van der Waals surface area (Å²) in [7, 11) is 3.78. The van der Waals surface area contributed by atoms with Crippen LogP contribution in [0.25, 0.3) is 22.3 Å². The second kappa shape index (κ2) is 8.47. The Kier molecular flexibility index (Phi) is 5.33. The molecule has 0 aliphatic rings. The number of rotatable bonds is 6. The van der Waals surface area contributed by atoms with Crippen molar-refractivity contribution in [1.82, 2.24) is 39.6 Å². The van der Waals surface area contributed by atoms with Crippen molar-refractivity contribution in [3.8, 4) is 11.4 Å². The molecule has 5 aromatic rings. The zero-order chi connectivity index (χ0) is 23.8. The van der Waals surface area contributed by atoms with Gasteiger partial charge in [0, 0.05) is 61.4 Å². The molecule has 0 aliphatic heterocycles. The molecule has 0 radical (unpaired) electrons. The van der Waals surface area contributed by atoms with Gasteiger partial charge in [-0.1, -0.05) is 0 Å². The minimum Gasteiger partial charge on any atom is -0.350 e. The van der Waals surface area contributed by atoms with E-state index < -0.39 is 0 Å². The van der Waals surface area contributed by atoms with Crippen LogP contribution < -0.4 is 10.6 Å². The van der Waals surface area contributed by atoms with E-state index in [0.717, 1.165) is 44.8 Å². The molecule has 1 aromatic carbocycles. The summed E-state index contributed by atoms with van der Waals surface area (Å²) in [5, 5.41) is 11.5. The van der Waals surface area contributed by atoms with E-state index in [1.807, 2.05) is 69.2 Å². The molecular weight excluding hydrogens is 430 g/mol. The molecule has 10 nitrogen and oxygen atoms in total. The molecule has 10 heteroatoms. The highest BCUT2D eigenvalue weighted by Gasteiger charge is 2.13. The number of hydrogen-bond acceptors (Lipinski definition) is 6. The number of aryl methyl sites for hydroxylation is 4. The number of fused-ring (bicyclic) bond motifs is 1. The average molecular weight is 456 g/mol. The first-order valence-electron chi connectivity index (χ1n) is 10.8. The smallest absolute Gasteiger partial charge is 0.267 e. The van der Waals surface area contributed by atoms with Gasteiger partial charge in [-0.05, 0) is 43.7 Å². The third-order valence-corrected chi connectivity index (χ3v) is 5.60. The third kappa shape index (κ3) is 4.25. The van der Waals surface area contributed by atoms with Crippen LogP contribution in [-0.2, 0) is 20.6 Å². The number of H-pyrrole nitrogens is 1. The molecule has 0 spiro atoms. The molecule has 0 atom stereocenters. The number of anilines is 2. The van der Waals surface area contributed by atoms with Crippen LogP contribution in [0.4, 0.5) is 11.6 Å². The summed E-state index contributed by atoms with van der Waals surface area (Å²) in [6.45, 7) is 4.34. The number of aromatic nitrogens is 7. The Morgan fingerprint density at radius 2 is 1.94 bits per heavy atom. The minimum absolute atomic E-state index is 0.167. The van der Waals surface area contributed by atoms with Crippen LogP contribution in [0.3, 0.4) is 0 Å². The monoisotopic (exact) mass is 455 g/mol. The largest absolute Gasteiger partial charge is 0.350 e. The lowest BCUT2D eigenvalue weighted by molar-refractivity contribution is 0.0946. The Labute approximate surface area is 196 Å². The molecule has 4 heterocycles. The van der Waals surface area contributed by atoms with Crippen molar-refractivity contribution < 1.29 is 4.79 Å². The highest BCUT2D eigenvalue weighted by molar-refractivity contribution is 5.99. The number of hydrogen-bond donors (Lipinski definition) is 3. The van der Waals surface area contributed by atoms with Crippen molar-refractivity contribution in [1.29, 1.82) is 0 Å². The Balaban J connectivity index is 1.35. The fourth-order valence-corrected chi connectivity index (χ4v) is 3.95. The molecule has 0 fully saturated rings. The van der Waals surface area contributed by atoms with Gasteiger partial charge in [0.2, 0.25) is 5.95 Å². The summed E-state index contributed by atoms with van der Waals surface area (Å²) in [5.41, 5.74) is 6.66. The van der Waals surface area contributed by atoms with Crippen LogP contribution in [0.1, 0.15) is 27.3 Å². The number of nitrogens with zero attached hydrogens (tertiary/aromatic N) is 6. The van der Waals surface area contributed by atoms with E-state index >= 15 is 0 Å². The first-order valence-corrected chi connectivity index (χ1v) is 10.8. The van der Waals surface area contributed by atoms with Gasteiger partial charge in [0.1, 0.15) is 11.4 Å². The van der Waals surface area contributed by atoms with E-state index in [1.54, 1.807) is 17.2 Å². The average Bonchev–Trinajstić information content (AvgIpc) is 3.50. The highest BCUT2D eigenvalue weighted by atomic mass is 16.1. The summed E-state index contributed by atoms with van der Waals surface area (Å²) in [6.07, 6.45) is 7.25. The Morgan fingerprint density at radius 1 is 1.09 bits per heavy atom. The van der Waals surface area contributed by atoms with Crippen molar-refractivity contribution >= 4 is 28.4 Å². The second-order valence-corrected chi connectivity index (χ2v) is 8.35. The van der Waals surface area contributed by atoms with Crippen molar-refractivity contribution in [2.45, 2.75) is 20.4 Å². The Morgan fingerprint density at radius 3 is 2.68 bits per heavy atom. The van der Waals surface area contributed by atoms with Crippen molar-refractivity contribution in [3.05, 3.63) is 71.7 Å². The fourth-order valence-electron chi connectivity index (χ4n) is 3.95. The molecule has 34 heavy (non-hydrogen) atoms. The number of nitrogens with one attached hydrogen (secondary N) is 3. The molecule has 0 unspecified atom stereocenters. The number of benzene rings is 1. The Bertz CT molecular complexity index is 1510. The van der Waals surface area contributed by atoms with Gasteiger partial charge >= 0.3 is 0 Å². The first-order chi connectivity index (χ1) is 16.4. The van der Waals surface area contributed by atoms with Gasteiger partial charge in [0.15, 0.2) is 0 Å². The zero-order valence-electron chi connectivity index (χ0n) is 19.4. The molecule has 172 valence electrons. The lowest BCUT2D eigenvalue weighted by Crippen LogP contribution is -2.23. The fraction of sp³-hybridized carbons (Fsp3) is 0.208. The maximum Gasteiger partial charge on any atom is 0.267 e. The molecular formula is C24H25N9O. The van der Waals surface area contributed by atoms with Crippen LogP contribution in [-0.4, -0.2) is 40.2 Å². The van der Waals surface area contributed by atoms with Gasteiger partial charge in [-0.3, -0.25) is 9.48 Å². The van der Waals surface area contributed by atoms with Crippen molar-refractivity contribution in [2.75, 3.05) is 5.32 Å². The normalized spacial score (nSPS) is 11.2. The van der Waals surface area contributed by atoms with Crippen LogP contribution in [0.15, 0.2) is 49.2 Å². The van der Waals surface area contributed by atoms with Gasteiger partial charge in [-0.2, -0.15) is 5.10 Å². The molecule has 0 saturated heterocycles. The predicted molar refractivity (Wildman–Crippen MR) is 130 cm³/mol. The van der Waals surface area contributed by atoms with E-state index in [2.05, 4.69) is 35.7 Å². The highest BCUT2D eigenvalue weighted by Crippen LogP contribution is 2.26. The summed E-state index contributed by atoms with van der Waals surface area (Å²) in [4.78, 5) is 29.3. The van der Waals surface area contributed by atoms with Crippen molar-refractivity contribution in [3.63, 3.8) is 0 Å². The van der Waals surface area contributed by atoms with E-state index in [-0.39, 0.29) is 5.91 Å². The van der Waals surface area contributed by atoms with Crippen molar-refractivity contribution in [2.24, 2.45) is 14.1 Å². The molecule has 1 amide bonds. The topological polar surface area (TPSA) is 118 Å². The zero-order valence-corrected chi connectivity index (χ0v) is 19.4. The molecule has 3 N–H and O–H groups in total. The number of amides is 1. The van der Waals surface area contributed by atoms with Gasteiger partial charge < -0.3 is 20.2 Å².